The molecular formula is C17H22N4O5. The number of ether oxygens (including phenoxy) is 1. The largest absolute Gasteiger partial charge is 0.479 e. The fraction of sp³-hybridized carbons (Fsp3) is 0.471. The molecule has 3 N–H and O–H groups in total. The Morgan fingerprint density at radius 1 is 1.27 bits per heavy atom. The first-order valence-electron chi connectivity index (χ1n) is 8.56. The van der Waals surface area contributed by atoms with Gasteiger partial charge in [-0.05, 0) is 24.1 Å². The molecule has 2 fully saturated rings. The zero-order valence-electron chi connectivity index (χ0n) is 14.3. The molecule has 0 radical (unpaired) electrons. The lowest BCUT2D eigenvalue weighted by atomic mass is 10.2. The number of nitrogens with zero attached hydrogens (tertiary/aromatic N) is 2. The minimum atomic E-state index is -1.07. The van der Waals surface area contributed by atoms with E-state index < -0.39 is 12.1 Å². The van der Waals surface area contributed by atoms with E-state index in [4.69, 9.17) is 9.84 Å². The van der Waals surface area contributed by atoms with Gasteiger partial charge in [0.05, 0.1) is 13.2 Å². The van der Waals surface area contributed by atoms with E-state index >= 15 is 0 Å². The number of morpholine rings is 1. The fourth-order valence-corrected chi connectivity index (χ4v) is 2.94. The number of hydrogen-bond acceptors (Lipinski definition) is 4. The van der Waals surface area contributed by atoms with Gasteiger partial charge >= 0.3 is 18.0 Å². The van der Waals surface area contributed by atoms with Crippen molar-refractivity contribution in [3.05, 3.63) is 29.8 Å². The number of benzene rings is 1. The van der Waals surface area contributed by atoms with E-state index in [1.54, 1.807) is 4.90 Å². The van der Waals surface area contributed by atoms with Crippen LogP contribution in [-0.4, -0.2) is 66.9 Å². The predicted molar refractivity (Wildman–Crippen MR) is 93.0 cm³/mol. The number of carbonyl (C=O) groups excluding carboxylic acids is 2. The maximum atomic E-state index is 12.2. The van der Waals surface area contributed by atoms with Crippen LogP contribution in [0.1, 0.15) is 12.0 Å². The second kappa shape index (κ2) is 8.05. The van der Waals surface area contributed by atoms with Gasteiger partial charge in [0.2, 0.25) is 0 Å². The lowest BCUT2D eigenvalue weighted by Gasteiger charge is -2.31. The van der Waals surface area contributed by atoms with Gasteiger partial charge in [-0.3, -0.25) is 4.90 Å². The van der Waals surface area contributed by atoms with Crippen molar-refractivity contribution in [3.63, 3.8) is 0 Å². The molecule has 2 saturated heterocycles. The molecule has 140 valence electrons. The number of anilines is 1. The van der Waals surface area contributed by atoms with Crippen molar-refractivity contribution in [2.75, 3.05) is 37.7 Å². The van der Waals surface area contributed by atoms with Crippen LogP contribution in [0.2, 0.25) is 0 Å². The second-order valence-electron chi connectivity index (χ2n) is 6.21. The van der Waals surface area contributed by atoms with Crippen LogP contribution in [0.5, 0.6) is 0 Å². The van der Waals surface area contributed by atoms with E-state index in [-0.39, 0.29) is 25.2 Å². The summed E-state index contributed by atoms with van der Waals surface area (Å²) in [6.45, 7) is 2.30. The van der Waals surface area contributed by atoms with Gasteiger partial charge in [0.25, 0.3) is 0 Å². The Bertz CT molecular complexity index is 678. The summed E-state index contributed by atoms with van der Waals surface area (Å²) in [5.74, 6) is -1.07. The lowest BCUT2D eigenvalue weighted by Crippen LogP contribution is -2.51. The number of nitrogens with one attached hydrogen (secondary N) is 2. The first-order valence-corrected chi connectivity index (χ1v) is 8.56. The summed E-state index contributed by atoms with van der Waals surface area (Å²) >= 11 is 0. The number of hydrogen-bond donors (Lipinski definition) is 3. The van der Waals surface area contributed by atoms with Crippen LogP contribution in [0.15, 0.2) is 24.3 Å². The van der Waals surface area contributed by atoms with Crippen molar-refractivity contribution in [3.8, 4) is 0 Å². The molecule has 0 aromatic heterocycles. The van der Waals surface area contributed by atoms with Gasteiger partial charge in [0.15, 0.2) is 6.10 Å². The van der Waals surface area contributed by atoms with E-state index in [9.17, 15) is 14.4 Å². The van der Waals surface area contributed by atoms with E-state index in [2.05, 4.69) is 10.6 Å². The van der Waals surface area contributed by atoms with Crippen LogP contribution >= 0.6 is 0 Å². The first-order chi connectivity index (χ1) is 12.5. The van der Waals surface area contributed by atoms with Gasteiger partial charge < -0.3 is 25.4 Å². The highest BCUT2D eigenvalue weighted by Gasteiger charge is 2.28. The van der Waals surface area contributed by atoms with Crippen molar-refractivity contribution in [2.45, 2.75) is 19.1 Å². The quantitative estimate of drug-likeness (QED) is 0.726. The van der Waals surface area contributed by atoms with Gasteiger partial charge in [-0.2, -0.15) is 0 Å². The summed E-state index contributed by atoms with van der Waals surface area (Å²) in [5.41, 5.74) is 1.71. The average Bonchev–Trinajstić information content (AvgIpc) is 2.67. The third-order valence-corrected chi connectivity index (χ3v) is 4.40. The Hall–Kier alpha value is -2.81. The van der Waals surface area contributed by atoms with Crippen LogP contribution in [0, 0.1) is 0 Å². The number of carbonyl (C=O) groups is 3. The van der Waals surface area contributed by atoms with Gasteiger partial charge in [0, 0.05) is 31.9 Å². The second-order valence-corrected chi connectivity index (χ2v) is 6.21. The number of rotatable bonds is 4. The molecule has 2 aliphatic rings. The van der Waals surface area contributed by atoms with Gasteiger partial charge in [-0.25, -0.2) is 14.4 Å². The van der Waals surface area contributed by atoms with Crippen LogP contribution < -0.4 is 15.5 Å². The van der Waals surface area contributed by atoms with E-state index in [1.165, 1.54) is 4.90 Å². The van der Waals surface area contributed by atoms with Crippen molar-refractivity contribution in [2.24, 2.45) is 0 Å². The first kappa shape index (κ1) is 18.0. The van der Waals surface area contributed by atoms with Crippen LogP contribution in [-0.2, 0) is 16.1 Å². The lowest BCUT2D eigenvalue weighted by molar-refractivity contribution is -0.154. The average molecular weight is 362 g/mol. The maximum Gasteiger partial charge on any atom is 0.334 e. The Labute approximate surface area is 150 Å². The zero-order valence-corrected chi connectivity index (χ0v) is 14.3. The summed E-state index contributed by atoms with van der Waals surface area (Å²) in [5, 5.41) is 14.6. The normalized spacial score (nSPS) is 20.5. The molecule has 1 atom stereocenters. The van der Waals surface area contributed by atoms with Gasteiger partial charge in [-0.1, -0.05) is 12.1 Å². The predicted octanol–water partition coefficient (Wildman–Crippen LogP) is 0.601. The molecule has 9 nitrogen and oxygen atoms in total. The third-order valence-electron chi connectivity index (χ3n) is 4.40. The highest BCUT2D eigenvalue weighted by Crippen LogP contribution is 2.17. The molecule has 26 heavy (non-hydrogen) atoms. The molecule has 3 rings (SSSR count). The molecule has 1 unspecified atom stereocenters. The number of carboxylic acid groups (broad SMARTS) is 1. The third kappa shape index (κ3) is 4.23. The van der Waals surface area contributed by atoms with E-state index in [0.717, 1.165) is 17.7 Å². The summed E-state index contributed by atoms with van der Waals surface area (Å²) < 4.78 is 5.10. The van der Waals surface area contributed by atoms with Crippen molar-refractivity contribution < 1.29 is 24.2 Å². The summed E-state index contributed by atoms with van der Waals surface area (Å²) in [6.07, 6.45) is -0.0788. The van der Waals surface area contributed by atoms with E-state index in [0.29, 0.717) is 26.2 Å². The molecule has 0 bridgehead atoms. The number of urea groups is 2. The Morgan fingerprint density at radius 2 is 2.04 bits per heavy atom. The fourth-order valence-electron chi connectivity index (χ4n) is 2.94. The molecule has 2 aliphatic heterocycles. The van der Waals surface area contributed by atoms with Crippen LogP contribution in [0.4, 0.5) is 15.3 Å². The minimum Gasteiger partial charge on any atom is -0.479 e. The smallest absolute Gasteiger partial charge is 0.334 e. The molecule has 1 aromatic carbocycles. The van der Waals surface area contributed by atoms with Crippen LogP contribution in [0.25, 0.3) is 0 Å². The SMILES string of the molecule is O=C(O)C1CN(C(=O)NCc2ccc(N3CCCNC3=O)cc2)CCO1. The molecule has 0 saturated carbocycles. The van der Waals surface area contributed by atoms with Crippen molar-refractivity contribution in [1.29, 1.82) is 0 Å². The van der Waals surface area contributed by atoms with Gasteiger partial charge in [-0.15, -0.1) is 0 Å². The maximum absolute atomic E-state index is 12.2. The molecular weight excluding hydrogens is 340 g/mol. The highest BCUT2D eigenvalue weighted by atomic mass is 16.5. The Morgan fingerprint density at radius 3 is 2.73 bits per heavy atom. The molecule has 0 spiro atoms. The zero-order chi connectivity index (χ0) is 18.5. The molecule has 2 heterocycles. The number of amides is 4. The van der Waals surface area contributed by atoms with Crippen LogP contribution in [0.3, 0.4) is 0 Å². The van der Waals surface area contributed by atoms with Gasteiger partial charge in [0.1, 0.15) is 0 Å². The molecule has 9 heteroatoms. The topological polar surface area (TPSA) is 111 Å². The summed E-state index contributed by atoms with van der Waals surface area (Å²) in [7, 11) is 0. The summed E-state index contributed by atoms with van der Waals surface area (Å²) in [4.78, 5) is 38.1. The minimum absolute atomic E-state index is 0.0319. The van der Waals surface area contributed by atoms with Crippen molar-refractivity contribution >= 4 is 23.7 Å². The molecule has 4 amide bonds. The highest BCUT2D eigenvalue weighted by molar-refractivity contribution is 5.92. The van der Waals surface area contributed by atoms with Crippen molar-refractivity contribution in [1.82, 2.24) is 15.5 Å². The monoisotopic (exact) mass is 362 g/mol. The summed E-state index contributed by atoms with van der Waals surface area (Å²) in [6, 6.07) is 6.99. The Kier molecular flexibility index (Phi) is 5.57. The number of carboxylic acids is 1. The molecule has 1 aromatic rings. The molecule has 0 aliphatic carbocycles. The van der Waals surface area contributed by atoms with E-state index in [1.807, 2.05) is 24.3 Å². The number of aliphatic carboxylic acids is 1. The Balaban J connectivity index is 1.52. The standard InChI is InChI=1S/C17H22N4O5/c22-15(23)14-11-20(8-9-26-14)16(24)19-10-12-2-4-13(5-3-12)21-7-1-6-18-17(21)25/h2-5,14H,1,6-11H2,(H,18,25)(H,19,24)(H,22,23).